The number of amides is 2. The molecular weight excluding hydrogens is 268 g/mol. The van der Waals surface area contributed by atoms with Gasteiger partial charge in [-0.25, -0.2) is 4.79 Å². The van der Waals surface area contributed by atoms with Crippen molar-refractivity contribution in [3.8, 4) is 0 Å². The average molecular weight is 296 g/mol. The van der Waals surface area contributed by atoms with Crippen molar-refractivity contribution in [2.75, 3.05) is 13.1 Å². The Hall–Kier alpha value is -1.56. The molecule has 0 aliphatic heterocycles. The van der Waals surface area contributed by atoms with E-state index < -0.39 is 0 Å². The normalized spacial score (nSPS) is 12.2. The monoisotopic (exact) mass is 296 g/mol. The number of aliphatic hydroxyl groups excluding tert-OH is 1. The molecule has 1 heterocycles. The lowest BCUT2D eigenvalue weighted by Gasteiger charge is -2.10. The SMILES string of the molecule is CCC(O)CCNC(=O)NCCCc1c(C)nn(C)c1C. The van der Waals surface area contributed by atoms with Gasteiger partial charge in [-0.05, 0) is 45.1 Å². The maximum atomic E-state index is 11.5. The number of carbonyl (C=O) groups is 1. The summed E-state index contributed by atoms with van der Waals surface area (Å²) >= 11 is 0. The molecule has 3 N–H and O–H groups in total. The van der Waals surface area contributed by atoms with E-state index in [1.165, 1.54) is 11.3 Å². The first-order chi connectivity index (χ1) is 9.95. The lowest BCUT2D eigenvalue weighted by atomic mass is 10.1. The minimum atomic E-state index is -0.332. The van der Waals surface area contributed by atoms with Crippen LogP contribution in [0.3, 0.4) is 0 Å². The molecule has 0 fully saturated rings. The molecule has 0 bridgehead atoms. The molecule has 1 unspecified atom stereocenters. The van der Waals surface area contributed by atoms with Crippen molar-refractivity contribution in [3.63, 3.8) is 0 Å². The van der Waals surface area contributed by atoms with E-state index in [1.54, 1.807) is 0 Å². The van der Waals surface area contributed by atoms with Crippen LogP contribution in [0.15, 0.2) is 0 Å². The van der Waals surface area contributed by atoms with E-state index in [4.69, 9.17) is 0 Å². The van der Waals surface area contributed by atoms with Crippen molar-refractivity contribution in [2.24, 2.45) is 7.05 Å². The van der Waals surface area contributed by atoms with Gasteiger partial charge < -0.3 is 15.7 Å². The number of carbonyl (C=O) groups excluding carboxylic acids is 1. The Labute approximate surface area is 126 Å². The van der Waals surface area contributed by atoms with Gasteiger partial charge in [-0.15, -0.1) is 0 Å². The molecule has 1 rings (SSSR count). The predicted molar refractivity (Wildman–Crippen MR) is 83.3 cm³/mol. The Morgan fingerprint density at radius 3 is 2.57 bits per heavy atom. The second kappa shape index (κ2) is 8.67. The molecule has 0 aliphatic rings. The summed E-state index contributed by atoms with van der Waals surface area (Å²) in [5, 5.41) is 19.3. The minimum Gasteiger partial charge on any atom is -0.393 e. The highest BCUT2D eigenvalue weighted by Gasteiger charge is 2.09. The van der Waals surface area contributed by atoms with E-state index in [-0.39, 0.29) is 12.1 Å². The first kappa shape index (κ1) is 17.5. The molecule has 2 amide bonds. The van der Waals surface area contributed by atoms with Gasteiger partial charge in [0, 0.05) is 25.8 Å². The smallest absolute Gasteiger partial charge is 0.314 e. The highest BCUT2D eigenvalue weighted by Crippen LogP contribution is 2.13. The van der Waals surface area contributed by atoms with E-state index in [0.717, 1.165) is 18.5 Å². The number of urea groups is 1. The lowest BCUT2D eigenvalue weighted by molar-refractivity contribution is 0.160. The predicted octanol–water partition coefficient (Wildman–Crippen LogP) is 1.43. The molecule has 0 saturated carbocycles. The highest BCUT2D eigenvalue weighted by molar-refractivity contribution is 5.73. The largest absolute Gasteiger partial charge is 0.393 e. The zero-order valence-corrected chi connectivity index (χ0v) is 13.6. The van der Waals surface area contributed by atoms with Crippen molar-refractivity contribution >= 4 is 6.03 Å². The Balaban J connectivity index is 2.17. The quantitative estimate of drug-likeness (QED) is 0.635. The third kappa shape index (κ3) is 5.75. The van der Waals surface area contributed by atoms with Crippen molar-refractivity contribution in [1.82, 2.24) is 20.4 Å². The van der Waals surface area contributed by atoms with E-state index in [0.29, 0.717) is 25.9 Å². The molecule has 1 aromatic rings. The summed E-state index contributed by atoms with van der Waals surface area (Å²) in [5.74, 6) is 0. The first-order valence-electron chi connectivity index (χ1n) is 7.64. The molecule has 0 radical (unpaired) electrons. The van der Waals surface area contributed by atoms with Gasteiger partial charge in [0.25, 0.3) is 0 Å². The molecule has 0 aromatic carbocycles. The van der Waals surface area contributed by atoms with Crippen molar-refractivity contribution in [3.05, 3.63) is 17.0 Å². The van der Waals surface area contributed by atoms with Crippen LogP contribution in [0, 0.1) is 13.8 Å². The van der Waals surface area contributed by atoms with Crippen LogP contribution in [-0.2, 0) is 13.5 Å². The molecule has 0 spiro atoms. The molecule has 120 valence electrons. The molecule has 6 heteroatoms. The summed E-state index contributed by atoms with van der Waals surface area (Å²) in [5.41, 5.74) is 3.52. The second-order valence-electron chi connectivity index (χ2n) is 5.41. The van der Waals surface area contributed by atoms with E-state index in [9.17, 15) is 9.90 Å². The van der Waals surface area contributed by atoms with Crippen LogP contribution in [0.25, 0.3) is 0 Å². The molecule has 0 saturated heterocycles. The summed E-state index contributed by atoms with van der Waals surface area (Å²) in [6.07, 6.45) is 2.78. The van der Waals surface area contributed by atoms with Crippen molar-refractivity contribution < 1.29 is 9.90 Å². The number of hydrogen-bond donors (Lipinski definition) is 3. The summed E-state index contributed by atoms with van der Waals surface area (Å²) in [6, 6.07) is -0.169. The maximum absolute atomic E-state index is 11.5. The number of rotatable bonds is 8. The molecular formula is C15H28N4O2. The van der Waals surface area contributed by atoms with Crippen molar-refractivity contribution in [1.29, 1.82) is 0 Å². The fourth-order valence-electron chi connectivity index (χ4n) is 2.27. The Morgan fingerprint density at radius 2 is 2.00 bits per heavy atom. The van der Waals surface area contributed by atoms with Gasteiger partial charge in [-0.1, -0.05) is 6.92 Å². The second-order valence-corrected chi connectivity index (χ2v) is 5.41. The van der Waals surface area contributed by atoms with Gasteiger partial charge in [-0.2, -0.15) is 5.10 Å². The Kier molecular flexibility index (Phi) is 7.22. The molecule has 1 atom stereocenters. The molecule has 1 aromatic heterocycles. The molecule has 21 heavy (non-hydrogen) atoms. The standard InChI is InChI=1S/C15H28N4O2/c1-5-13(20)8-10-17-15(21)16-9-6-7-14-11(2)18-19(4)12(14)3/h13,20H,5-10H2,1-4H3,(H2,16,17,21). The van der Waals surface area contributed by atoms with Gasteiger partial charge in [-0.3, -0.25) is 4.68 Å². The van der Waals surface area contributed by atoms with Gasteiger partial charge in [0.1, 0.15) is 0 Å². The fourth-order valence-corrected chi connectivity index (χ4v) is 2.27. The highest BCUT2D eigenvalue weighted by atomic mass is 16.3. The van der Waals surface area contributed by atoms with Crippen LogP contribution in [0.4, 0.5) is 4.79 Å². The van der Waals surface area contributed by atoms with Crippen LogP contribution < -0.4 is 10.6 Å². The summed E-state index contributed by atoms with van der Waals surface area (Å²) in [7, 11) is 1.95. The summed E-state index contributed by atoms with van der Waals surface area (Å²) in [6.45, 7) is 7.14. The van der Waals surface area contributed by atoms with Crippen LogP contribution in [-0.4, -0.2) is 40.1 Å². The summed E-state index contributed by atoms with van der Waals surface area (Å²) in [4.78, 5) is 11.5. The van der Waals surface area contributed by atoms with Gasteiger partial charge >= 0.3 is 6.03 Å². The maximum Gasteiger partial charge on any atom is 0.314 e. The minimum absolute atomic E-state index is 0.169. The van der Waals surface area contributed by atoms with Gasteiger partial charge in [0.2, 0.25) is 0 Å². The van der Waals surface area contributed by atoms with Gasteiger partial charge in [0.15, 0.2) is 0 Å². The van der Waals surface area contributed by atoms with Crippen LogP contribution in [0.5, 0.6) is 0 Å². The number of nitrogens with zero attached hydrogens (tertiary/aromatic N) is 2. The van der Waals surface area contributed by atoms with Crippen LogP contribution in [0.1, 0.15) is 43.1 Å². The molecule has 0 aliphatic carbocycles. The third-order valence-electron chi connectivity index (χ3n) is 3.78. The number of aryl methyl sites for hydroxylation is 2. The van der Waals surface area contributed by atoms with Crippen LogP contribution >= 0.6 is 0 Å². The number of aliphatic hydroxyl groups is 1. The number of nitrogens with one attached hydrogen (secondary N) is 2. The van der Waals surface area contributed by atoms with E-state index in [1.807, 2.05) is 25.6 Å². The van der Waals surface area contributed by atoms with Gasteiger partial charge in [0.05, 0.1) is 11.8 Å². The third-order valence-corrected chi connectivity index (χ3v) is 3.78. The zero-order valence-electron chi connectivity index (χ0n) is 13.6. The van der Waals surface area contributed by atoms with E-state index in [2.05, 4.69) is 22.7 Å². The molecule has 6 nitrogen and oxygen atoms in total. The number of hydrogen-bond acceptors (Lipinski definition) is 3. The zero-order chi connectivity index (χ0) is 15.8. The topological polar surface area (TPSA) is 79.2 Å². The first-order valence-corrected chi connectivity index (χ1v) is 7.64. The van der Waals surface area contributed by atoms with Crippen molar-refractivity contribution in [2.45, 2.75) is 52.6 Å². The fraction of sp³-hybridized carbons (Fsp3) is 0.733. The Morgan fingerprint density at radius 1 is 1.33 bits per heavy atom. The van der Waals surface area contributed by atoms with E-state index >= 15 is 0 Å². The lowest BCUT2D eigenvalue weighted by Crippen LogP contribution is -2.37. The number of aromatic nitrogens is 2. The van der Waals surface area contributed by atoms with Crippen LogP contribution in [0.2, 0.25) is 0 Å². The average Bonchev–Trinajstić information content (AvgIpc) is 2.69. The summed E-state index contributed by atoms with van der Waals surface area (Å²) < 4.78 is 1.89. The Bertz CT molecular complexity index is 457.